The van der Waals surface area contributed by atoms with Crippen molar-refractivity contribution in [3.05, 3.63) is 40.6 Å². The molecule has 0 spiro atoms. The van der Waals surface area contributed by atoms with Gasteiger partial charge in [-0.15, -0.1) is 0 Å². The van der Waals surface area contributed by atoms with Gasteiger partial charge in [0.25, 0.3) is 5.91 Å². The van der Waals surface area contributed by atoms with Gasteiger partial charge in [-0.3, -0.25) is 9.69 Å². The monoisotopic (exact) mass is 370 g/mol. The number of rotatable bonds is 6. The van der Waals surface area contributed by atoms with Crippen molar-refractivity contribution in [1.82, 2.24) is 4.90 Å². The highest BCUT2D eigenvalue weighted by Gasteiger charge is 2.37. The molecule has 0 aliphatic carbocycles. The molecule has 23 heavy (non-hydrogen) atoms. The standard InChI is InChI=1S/C15H14FNO3S3/c1-22-6-5-11(14(19)20)17-13(18)12(23-15(17)21)8-9-3-2-4-10(16)7-9/h2-4,7-8,11H,5-6H2,1H3,(H,19,20)/p-1/b12-8-/t11-/m1/s1. The van der Waals surface area contributed by atoms with Gasteiger partial charge in [0.1, 0.15) is 10.1 Å². The second kappa shape index (κ2) is 7.94. The number of aliphatic carboxylic acids is 1. The molecule has 0 unspecified atom stereocenters. The van der Waals surface area contributed by atoms with E-state index in [1.165, 1.54) is 36.0 Å². The second-order valence-electron chi connectivity index (χ2n) is 4.72. The number of carboxylic acids is 1. The minimum absolute atomic E-state index is 0.174. The van der Waals surface area contributed by atoms with E-state index in [4.69, 9.17) is 12.2 Å². The van der Waals surface area contributed by atoms with Gasteiger partial charge in [0.2, 0.25) is 0 Å². The second-order valence-corrected chi connectivity index (χ2v) is 7.38. The van der Waals surface area contributed by atoms with Crippen LogP contribution in [0.15, 0.2) is 29.2 Å². The lowest BCUT2D eigenvalue weighted by atomic mass is 10.1. The first-order valence-electron chi connectivity index (χ1n) is 6.66. The predicted octanol–water partition coefficient (Wildman–Crippen LogP) is 1.90. The molecule has 0 bridgehead atoms. The number of carbonyl (C=O) groups is 2. The molecule has 4 nitrogen and oxygen atoms in total. The zero-order valence-electron chi connectivity index (χ0n) is 12.2. The van der Waals surface area contributed by atoms with Gasteiger partial charge in [-0.1, -0.05) is 36.1 Å². The Balaban J connectivity index is 2.26. The molecule has 2 rings (SSSR count). The van der Waals surface area contributed by atoms with Gasteiger partial charge in [-0.25, -0.2) is 4.39 Å². The van der Waals surface area contributed by atoms with E-state index < -0.39 is 23.7 Å². The van der Waals surface area contributed by atoms with Crippen LogP contribution in [0.4, 0.5) is 4.39 Å². The summed E-state index contributed by atoms with van der Waals surface area (Å²) in [5.41, 5.74) is 0.514. The van der Waals surface area contributed by atoms with Crippen LogP contribution in [0, 0.1) is 5.82 Å². The third-order valence-corrected chi connectivity index (χ3v) is 5.12. The highest BCUT2D eigenvalue weighted by molar-refractivity contribution is 8.26. The van der Waals surface area contributed by atoms with Gasteiger partial charge < -0.3 is 9.90 Å². The fourth-order valence-corrected chi connectivity index (χ4v) is 3.89. The molecule has 0 aromatic heterocycles. The average Bonchev–Trinajstić information content (AvgIpc) is 2.75. The highest BCUT2D eigenvalue weighted by Crippen LogP contribution is 2.34. The molecule has 1 saturated heterocycles. The largest absolute Gasteiger partial charge is 0.548 e. The van der Waals surface area contributed by atoms with Crippen LogP contribution in [-0.2, 0) is 9.59 Å². The average molecular weight is 370 g/mol. The van der Waals surface area contributed by atoms with Crippen LogP contribution in [0.3, 0.4) is 0 Å². The topological polar surface area (TPSA) is 60.4 Å². The fraction of sp³-hybridized carbons (Fsp3) is 0.267. The summed E-state index contributed by atoms with van der Waals surface area (Å²) in [5, 5.41) is 11.3. The summed E-state index contributed by atoms with van der Waals surface area (Å²) in [7, 11) is 0. The maximum atomic E-state index is 13.2. The van der Waals surface area contributed by atoms with E-state index in [2.05, 4.69) is 0 Å². The van der Waals surface area contributed by atoms with Crippen molar-refractivity contribution < 1.29 is 19.1 Å². The number of amides is 1. The SMILES string of the molecule is CSCC[C@H](C(=O)[O-])N1C(=O)/C(=C/c2cccc(F)c2)SC1=S. The first-order valence-corrected chi connectivity index (χ1v) is 9.28. The van der Waals surface area contributed by atoms with Crippen molar-refractivity contribution in [2.45, 2.75) is 12.5 Å². The van der Waals surface area contributed by atoms with Crippen LogP contribution in [0.2, 0.25) is 0 Å². The zero-order valence-corrected chi connectivity index (χ0v) is 14.6. The summed E-state index contributed by atoms with van der Waals surface area (Å²) in [6.07, 6.45) is 3.60. The third-order valence-electron chi connectivity index (χ3n) is 3.15. The van der Waals surface area contributed by atoms with Crippen molar-refractivity contribution in [2.75, 3.05) is 12.0 Å². The molecule has 1 fully saturated rings. The summed E-state index contributed by atoms with van der Waals surface area (Å²) in [6.45, 7) is 0. The Hall–Kier alpha value is -1.38. The van der Waals surface area contributed by atoms with E-state index >= 15 is 0 Å². The number of hydrogen-bond acceptors (Lipinski definition) is 6. The molecule has 1 aromatic carbocycles. The number of halogens is 1. The number of thiocarbonyl (C=S) groups is 1. The van der Waals surface area contributed by atoms with E-state index in [-0.39, 0.29) is 15.6 Å². The molecule has 1 amide bonds. The smallest absolute Gasteiger partial charge is 0.266 e. The van der Waals surface area contributed by atoms with E-state index in [0.29, 0.717) is 11.3 Å². The van der Waals surface area contributed by atoms with Crippen molar-refractivity contribution >= 4 is 58.0 Å². The van der Waals surface area contributed by atoms with Crippen LogP contribution in [0.1, 0.15) is 12.0 Å². The Labute approximate surface area is 147 Å². The molecule has 8 heteroatoms. The summed E-state index contributed by atoms with van der Waals surface area (Å²) < 4.78 is 13.4. The zero-order chi connectivity index (χ0) is 17.0. The van der Waals surface area contributed by atoms with Crippen molar-refractivity contribution in [3.8, 4) is 0 Å². The van der Waals surface area contributed by atoms with Crippen molar-refractivity contribution in [1.29, 1.82) is 0 Å². The molecule has 122 valence electrons. The quantitative estimate of drug-likeness (QED) is 0.563. The minimum atomic E-state index is -1.33. The Morgan fingerprint density at radius 2 is 2.30 bits per heavy atom. The van der Waals surface area contributed by atoms with Gasteiger partial charge >= 0.3 is 0 Å². The van der Waals surface area contributed by atoms with Crippen LogP contribution < -0.4 is 5.11 Å². The lowest BCUT2D eigenvalue weighted by Crippen LogP contribution is -2.50. The Kier molecular flexibility index (Phi) is 6.20. The number of benzene rings is 1. The number of carbonyl (C=O) groups excluding carboxylic acids is 2. The maximum absolute atomic E-state index is 13.2. The number of hydrogen-bond donors (Lipinski definition) is 0. The summed E-state index contributed by atoms with van der Waals surface area (Å²) in [6, 6.07) is 4.69. The summed E-state index contributed by atoms with van der Waals surface area (Å²) >= 11 is 7.63. The van der Waals surface area contributed by atoms with Crippen molar-refractivity contribution in [3.63, 3.8) is 0 Å². The number of carboxylic acid groups (broad SMARTS) is 1. The van der Waals surface area contributed by atoms with Crippen LogP contribution in [0.25, 0.3) is 6.08 Å². The van der Waals surface area contributed by atoms with Crippen molar-refractivity contribution in [2.24, 2.45) is 0 Å². The van der Waals surface area contributed by atoms with E-state index in [9.17, 15) is 19.1 Å². The Morgan fingerprint density at radius 3 is 2.91 bits per heavy atom. The molecule has 0 radical (unpaired) electrons. The first-order chi connectivity index (χ1) is 10.9. The molecule has 1 aliphatic rings. The van der Waals surface area contributed by atoms with E-state index in [1.54, 1.807) is 6.07 Å². The van der Waals surface area contributed by atoms with Gasteiger partial charge in [-0.2, -0.15) is 11.8 Å². The summed E-state index contributed by atoms with van der Waals surface area (Å²) in [5.74, 6) is -1.66. The number of thioether (sulfide) groups is 2. The molecule has 1 aromatic rings. The normalized spacial score (nSPS) is 17.8. The summed E-state index contributed by atoms with van der Waals surface area (Å²) in [4.78, 5) is 25.2. The van der Waals surface area contributed by atoms with Gasteiger partial charge in [0, 0.05) is 0 Å². The minimum Gasteiger partial charge on any atom is -0.548 e. The molecule has 0 saturated carbocycles. The lowest BCUT2D eigenvalue weighted by molar-refractivity contribution is -0.310. The molecule has 1 atom stereocenters. The van der Waals surface area contributed by atoms with Crippen LogP contribution >= 0.6 is 35.7 Å². The van der Waals surface area contributed by atoms with Gasteiger partial charge in [0.05, 0.1) is 16.9 Å². The predicted molar refractivity (Wildman–Crippen MR) is 93.2 cm³/mol. The Morgan fingerprint density at radius 1 is 1.57 bits per heavy atom. The van der Waals surface area contributed by atoms with Crippen LogP contribution in [-0.4, -0.2) is 39.1 Å². The van der Waals surface area contributed by atoms with E-state index in [1.807, 2.05) is 6.26 Å². The van der Waals surface area contributed by atoms with Gasteiger partial charge in [0.15, 0.2) is 0 Å². The first kappa shape index (κ1) is 18.0. The highest BCUT2D eigenvalue weighted by atomic mass is 32.2. The molecule has 0 N–H and O–H groups in total. The molecular formula is C15H13FNO3S3-. The molecule has 1 aliphatic heterocycles. The van der Waals surface area contributed by atoms with E-state index in [0.717, 1.165) is 16.7 Å². The fourth-order valence-electron chi connectivity index (χ4n) is 2.08. The number of nitrogens with zero attached hydrogens (tertiary/aromatic N) is 1. The van der Waals surface area contributed by atoms with Gasteiger partial charge in [-0.05, 0) is 42.2 Å². The maximum Gasteiger partial charge on any atom is 0.266 e. The Bertz CT molecular complexity index is 678. The molecule has 1 heterocycles. The lowest BCUT2D eigenvalue weighted by Gasteiger charge is -2.27. The third kappa shape index (κ3) is 4.33. The molecular weight excluding hydrogens is 357 g/mol. The van der Waals surface area contributed by atoms with Crippen LogP contribution in [0.5, 0.6) is 0 Å².